The topological polar surface area (TPSA) is 40.5 Å². The van der Waals surface area contributed by atoms with E-state index in [9.17, 15) is 10.2 Å². The van der Waals surface area contributed by atoms with E-state index in [0.717, 1.165) is 12.8 Å². The Morgan fingerprint density at radius 1 is 1.10 bits per heavy atom. The van der Waals surface area contributed by atoms with Gasteiger partial charge < -0.3 is 10.2 Å². The highest BCUT2D eigenvalue weighted by molar-refractivity contribution is 5.37. The predicted octanol–water partition coefficient (Wildman–Crippen LogP) is 4.17. The van der Waals surface area contributed by atoms with E-state index in [1.165, 1.54) is 16.7 Å². The summed E-state index contributed by atoms with van der Waals surface area (Å²) in [5.74, 6) is 0.298. The van der Waals surface area contributed by atoms with Crippen LogP contribution in [0.25, 0.3) is 0 Å². The summed E-state index contributed by atoms with van der Waals surface area (Å²) in [7, 11) is 0. The van der Waals surface area contributed by atoms with E-state index >= 15 is 0 Å². The lowest BCUT2D eigenvalue weighted by atomic mass is 9.80. The fourth-order valence-corrected chi connectivity index (χ4v) is 2.77. The Bertz CT molecular complexity index is 443. The summed E-state index contributed by atoms with van der Waals surface area (Å²) >= 11 is 0. The zero-order valence-corrected chi connectivity index (χ0v) is 14.5. The molecule has 0 aliphatic rings. The highest BCUT2D eigenvalue weighted by Gasteiger charge is 2.22. The molecule has 0 fully saturated rings. The molecular formula is C19H32O2. The van der Waals surface area contributed by atoms with Crippen molar-refractivity contribution in [3.05, 3.63) is 34.9 Å². The molecule has 2 heteroatoms. The zero-order chi connectivity index (χ0) is 16.2. The van der Waals surface area contributed by atoms with Gasteiger partial charge in [0.15, 0.2) is 0 Å². The van der Waals surface area contributed by atoms with Crippen LogP contribution in [0.15, 0.2) is 18.2 Å². The Morgan fingerprint density at radius 3 is 2.14 bits per heavy atom. The standard InChI is InChI=1S/C19H32O2/c1-7-14-9-10-16(19(4,5)6)12-17(14)15(8-2)11-18(21)13(3)20/h9-10,12-13,15,18,20-21H,7-8,11H2,1-6H3. The zero-order valence-electron chi connectivity index (χ0n) is 14.5. The first kappa shape index (κ1) is 18.2. The summed E-state index contributed by atoms with van der Waals surface area (Å²) in [5, 5.41) is 19.6. The molecule has 0 saturated heterocycles. The lowest BCUT2D eigenvalue weighted by Crippen LogP contribution is -2.25. The number of rotatable bonds is 6. The van der Waals surface area contributed by atoms with Gasteiger partial charge in [-0.2, -0.15) is 0 Å². The maximum atomic E-state index is 10.0. The minimum absolute atomic E-state index is 0.127. The van der Waals surface area contributed by atoms with Gasteiger partial charge in [-0.3, -0.25) is 0 Å². The van der Waals surface area contributed by atoms with E-state index < -0.39 is 12.2 Å². The van der Waals surface area contributed by atoms with Crippen LogP contribution in [0.5, 0.6) is 0 Å². The van der Waals surface area contributed by atoms with Crippen molar-refractivity contribution in [2.75, 3.05) is 0 Å². The van der Waals surface area contributed by atoms with Crippen molar-refractivity contribution in [1.82, 2.24) is 0 Å². The van der Waals surface area contributed by atoms with Gasteiger partial charge in [0.2, 0.25) is 0 Å². The molecule has 0 aliphatic heterocycles. The van der Waals surface area contributed by atoms with Crippen molar-refractivity contribution in [2.24, 2.45) is 0 Å². The van der Waals surface area contributed by atoms with E-state index in [-0.39, 0.29) is 5.41 Å². The van der Waals surface area contributed by atoms with Crippen LogP contribution in [0.1, 0.15) is 77.0 Å². The van der Waals surface area contributed by atoms with Crippen molar-refractivity contribution in [3.63, 3.8) is 0 Å². The van der Waals surface area contributed by atoms with Gasteiger partial charge in [0, 0.05) is 0 Å². The van der Waals surface area contributed by atoms with Gasteiger partial charge >= 0.3 is 0 Å². The summed E-state index contributed by atoms with van der Waals surface area (Å²) in [6, 6.07) is 6.76. The molecule has 0 heterocycles. The SMILES string of the molecule is CCc1ccc(C(C)(C)C)cc1C(CC)CC(O)C(C)O. The van der Waals surface area contributed by atoms with E-state index in [0.29, 0.717) is 12.3 Å². The number of aliphatic hydroxyl groups is 2. The van der Waals surface area contributed by atoms with Gasteiger partial charge in [-0.05, 0) is 54.2 Å². The van der Waals surface area contributed by atoms with Crippen molar-refractivity contribution < 1.29 is 10.2 Å². The monoisotopic (exact) mass is 292 g/mol. The largest absolute Gasteiger partial charge is 0.391 e. The highest BCUT2D eigenvalue weighted by atomic mass is 16.3. The van der Waals surface area contributed by atoms with Crippen molar-refractivity contribution in [2.45, 2.75) is 84.3 Å². The van der Waals surface area contributed by atoms with Crippen molar-refractivity contribution in [3.8, 4) is 0 Å². The lowest BCUT2D eigenvalue weighted by molar-refractivity contribution is 0.0214. The molecule has 0 spiro atoms. The van der Waals surface area contributed by atoms with E-state index in [1.54, 1.807) is 6.92 Å². The van der Waals surface area contributed by atoms with Crippen LogP contribution in [0.2, 0.25) is 0 Å². The number of aryl methyl sites for hydroxylation is 1. The van der Waals surface area contributed by atoms with Crippen LogP contribution < -0.4 is 0 Å². The second-order valence-corrected chi connectivity index (χ2v) is 7.17. The Labute approximate surface area is 130 Å². The normalized spacial score (nSPS) is 16.6. The summed E-state index contributed by atoms with van der Waals surface area (Å²) in [5.41, 5.74) is 4.15. The molecule has 0 amide bonds. The smallest absolute Gasteiger partial charge is 0.0802 e. The molecular weight excluding hydrogens is 260 g/mol. The summed E-state index contributed by atoms with van der Waals surface area (Å²) in [6.45, 7) is 12.7. The van der Waals surface area contributed by atoms with Gasteiger partial charge in [0.05, 0.1) is 12.2 Å². The summed E-state index contributed by atoms with van der Waals surface area (Å²) in [6.07, 6.45) is 1.27. The molecule has 0 aromatic heterocycles. The molecule has 0 aliphatic carbocycles. The Balaban J connectivity index is 3.17. The third kappa shape index (κ3) is 4.82. The molecule has 2 N–H and O–H groups in total. The summed E-state index contributed by atoms with van der Waals surface area (Å²) < 4.78 is 0. The summed E-state index contributed by atoms with van der Waals surface area (Å²) in [4.78, 5) is 0. The van der Waals surface area contributed by atoms with E-state index in [2.05, 4.69) is 52.8 Å². The van der Waals surface area contributed by atoms with E-state index in [1.807, 2.05) is 0 Å². The van der Waals surface area contributed by atoms with Crippen molar-refractivity contribution >= 4 is 0 Å². The van der Waals surface area contributed by atoms with Crippen LogP contribution >= 0.6 is 0 Å². The van der Waals surface area contributed by atoms with Gasteiger partial charge in [-0.25, -0.2) is 0 Å². The molecule has 1 rings (SSSR count). The minimum atomic E-state index is -0.671. The first-order valence-corrected chi connectivity index (χ1v) is 8.20. The highest BCUT2D eigenvalue weighted by Crippen LogP contribution is 2.33. The average Bonchev–Trinajstić information content (AvgIpc) is 2.42. The quantitative estimate of drug-likeness (QED) is 0.826. The van der Waals surface area contributed by atoms with Crippen LogP contribution in [-0.4, -0.2) is 22.4 Å². The van der Waals surface area contributed by atoms with Crippen LogP contribution in [0, 0.1) is 0 Å². The van der Waals surface area contributed by atoms with Gasteiger partial charge in [-0.15, -0.1) is 0 Å². The van der Waals surface area contributed by atoms with Gasteiger partial charge in [-0.1, -0.05) is 52.8 Å². The third-order valence-electron chi connectivity index (χ3n) is 4.41. The minimum Gasteiger partial charge on any atom is -0.391 e. The second-order valence-electron chi connectivity index (χ2n) is 7.17. The number of hydrogen-bond acceptors (Lipinski definition) is 2. The number of benzene rings is 1. The molecule has 120 valence electrons. The maximum absolute atomic E-state index is 10.0. The molecule has 1 aromatic rings. The molecule has 0 saturated carbocycles. The Kier molecular flexibility index (Phi) is 6.42. The molecule has 3 atom stereocenters. The second kappa shape index (κ2) is 7.42. The van der Waals surface area contributed by atoms with Gasteiger partial charge in [0.1, 0.15) is 0 Å². The fourth-order valence-electron chi connectivity index (χ4n) is 2.77. The molecule has 0 radical (unpaired) electrons. The molecule has 3 unspecified atom stereocenters. The Hall–Kier alpha value is -0.860. The number of hydrogen-bond donors (Lipinski definition) is 2. The third-order valence-corrected chi connectivity index (χ3v) is 4.41. The maximum Gasteiger partial charge on any atom is 0.0802 e. The van der Waals surface area contributed by atoms with Crippen LogP contribution in [-0.2, 0) is 11.8 Å². The predicted molar refractivity (Wildman–Crippen MR) is 89.9 cm³/mol. The van der Waals surface area contributed by atoms with Crippen molar-refractivity contribution in [1.29, 1.82) is 0 Å². The molecule has 2 nitrogen and oxygen atoms in total. The van der Waals surface area contributed by atoms with Gasteiger partial charge in [0.25, 0.3) is 0 Å². The first-order valence-electron chi connectivity index (χ1n) is 8.20. The first-order chi connectivity index (χ1) is 9.70. The fraction of sp³-hybridized carbons (Fsp3) is 0.684. The molecule has 1 aromatic carbocycles. The van der Waals surface area contributed by atoms with Crippen LogP contribution in [0.4, 0.5) is 0 Å². The Morgan fingerprint density at radius 2 is 1.71 bits per heavy atom. The molecule has 21 heavy (non-hydrogen) atoms. The molecule has 0 bridgehead atoms. The van der Waals surface area contributed by atoms with Crippen LogP contribution in [0.3, 0.4) is 0 Å². The number of aliphatic hydroxyl groups excluding tert-OH is 2. The lowest BCUT2D eigenvalue weighted by Gasteiger charge is -2.26. The van der Waals surface area contributed by atoms with E-state index in [4.69, 9.17) is 0 Å². The average molecular weight is 292 g/mol.